The van der Waals surface area contributed by atoms with Gasteiger partial charge < -0.3 is 5.73 Å². The number of hydrogen-bond donors (Lipinski definition) is 1. The SMILES string of the molecule is N#CC1=C(N)N(c2nnc(SCc3ccccc3)s2)C2=C(C(=O)CCC2)C1c1c(F)cccc1Cl. The zero-order valence-electron chi connectivity index (χ0n) is 18.4. The van der Waals surface area contributed by atoms with Crippen molar-refractivity contribution in [3.63, 3.8) is 0 Å². The van der Waals surface area contributed by atoms with Crippen LogP contribution in [0.15, 0.2) is 75.5 Å². The lowest BCUT2D eigenvalue weighted by Crippen LogP contribution is -2.39. The second kappa shape index (κ2) is 9.82. The molecule has 3 aromatic rings. The van der Waals surface area contributed by atoms with Crippen LogP contribution in [0, 0.1) is 17.1 Å². The quantitative estimate of drug-likeness (QED) is 0.414. The molecule has 0 saturated carbocycles. The summed E-state index contributed by atoms with van der Waals surface area (Å²) in [5.74, 6) is -0.861. The average Bonchev–Trinajstić information content (AvgIpc) is 3.32. The number of ketones is 1. The van der Waals surface area contributed by atoms with Gasteiger partial charge in [0.2, 0.25) is 5.13 Å². The Kier molecular flexibility index (Phi) is 6.60. The summed E-state index contributed by atoms with van der Waals surface area (Å²) in [7, 11) is 0. The van der Waals surface area contributed by atoms with Crippen LogP contribution in [0.3, 0.4) is 0 Å². The van der Waals surface area contributed by atoms with E-state index < -0.39 is 11.7 Å². The summed E-state index contributed by atoms with van der Waals surface area (Å²) in [6.45, 7) is 0. The van der Waals surface area contributed by atoms with Crippen molar-refractivity contribution in [2.75, 3.05) is 4.90 Å². The van der Waals surface area contributed by atoms with E-state index in [2.05, 4.69) is 16.3 Å². The number of Topliss-reactive ketones (excluding diaryl/α,β-unsaturated/α-hetero) is 1. The highest BCUT2D eigenvalue weighted by Gasteiger charge is 2.42. The summed E-state index contributed by atoms with van der Waals surface area (Å²) in [5.41, 5.74) is 8.81. The van der Waals surface area contributed by atoms with Crippen molar-refractivity contribution < 1.29 is 9.18 Å². The van der Waals surface area contributed by atoms with Crippen LogP contribution in [0.2, 0.25) is 5.02 Å². The van der Waals surface area contributed by atoms with Crippen molar-refractivity contribution >= 4 is 45.6 Å². The number of nitrogens with zero attached hydrogens (tertiary/aromatic N) is 4. The summed E-state index contributed by atoms with van der Waals surface area (Å²) >= 11 is 9.25. The van der Waals surface area contributed by atoms with Crippen molar-refractivity contribution in [2.45, 2.75) is 35.3 Å². The molecule has 0 saturated heterocycles. The summed E-state index contributed by atoms with van der Waals surface area (Å²) < 4.78 is 15.7. The van der Waals surface area contributed by atoms with E-state index in [1.54, 1.807) is 22.7 Å². The highest BCUT2D eigenvalue weighted by molar-refractivity contribution is 8.00. The maximum atomic E-state index is 15.0. The molecule has 0 spiro atoms. The standard InChI is InChI=1S/C25H19ClFN5OS2/c26-16-8-4-9-17(27)21(16)20-15(12-28)23(29)32(18-10-5-11-19(33)22(18)20)24-30-31-25(35-24)34-13-14-6-2-1-3-7-14/h1-4,6-9,20H,5,10-11,13,29H2. The molecule has 2 N–H and O–H groups in total. The van der Waals surface area contributed by atoms with E-state index in [0.29, 0.717) is 35.7 Å². The smallest absolute Gasteiger partial charge is 0.219 e. The third kappa shape index (κ3) is 4.33. The molecule has 2 aliphatic rings. The number of rotatable bonds is 5. The number of thioether (sulfide) groups is 1. The Labute approximate surface area is 214 Å². The fourth-order valence-corrected chi connectivity index (χ4v) is 6.56. The molecule has 10 heteroatoms. The number of halogens is 2. The second-order valence-electron chi connectivity index (χ2n) is 8.08. The van der Waals surface area contributed by atoms with Crippen LogP contribution in [0.5, 0.6) is 0 Å². The lowest BCUT2D eigenvalue weighted by molar-refractivity contribution is -0.116. The Morgan fingerprint density at radius 1 is 1.20 bits per heavy atom. The van der Waals surface area contributed by atoms with Gasteiger partial charge in [-0.3, -0.25) is 9.69 Å². The van der Waals surface area contributed by atoms with Crippen molar-refractivity contribution in [1.29, 1.82) is 5.26 Å². The Balaban J connectivity index is 1.58. The second-order valence-corrected chi connectivity index (χ2v) is 10.7. The number of hydrogen-bond acceptors (Lipinski definition) is 8. The normalized spacial score (nSPS) is 18.0. The molecule has 6 nitrogen and oxygen atoms in total. The molecule has 2 heterocycles. The summed E-state index contributed by atoms with van der Waals surface area (Å²) in [6.07, 6.45) is 1.47. The zero-order chi connectivity index (χ0) is 24.5. The van der Waals surface area contributed by atoms with Crippen LogP contribution in [0.25, 0.3) is 0 Å². The first-order valence-electron chi connectivity index (χ1n) is 10.9. The number of benzene rings is 2. The first kappa shape index (κ1) is 23.5. The Morgan fingerprint density at radius 3 is 2.74 bits per heavy atom. The molecule has 35 heavy (non-hydrogen) atoms. The largest absolute Gasteiger partial charge is 0.384 e. The molecular formula is C25H19ClFN5OS2. The zero-order valence-corrected chi connectivity index (χ0v) is 20.8. The molecule has 0 amide bonds. The van der Waals surface area contributed by atoms with Crippen LogP contribution in [-0.2, 0) is 10.5 Å². The first-order valence-corrected chi connectivity index (χ1v) is 13.1. The molecule has 1 aliphatic heterocycles. The van der Waals surface area contributed by atoms with Crippen LogP contribution in [0.4, 0.5) is 9.52 Å². The van der Waals surface area contributed by atoms with Gasteiger partial charge in [-0.25, -0.2) is 4.39 Å². The van der Waals surface area contributed by atoms with Gasteiger partial charge in [0.05, 0.1) is 17.6 Å². The number of nitrogens with two attached hydrogens (primary N) is 1. The molecule has 0 radical (unpaired) electrons. The van der Waals surface area contributed by atoms with Gasteiger partial charge in [0, 0.05) is 34.0 Å². The van der Waals surface area contributed by atoms with E-state index >= 15 is 0 Å². The van der Waals surface area contributed by atoms with Crippen LogP contribution in [0.1, 0.15) is 36.3 Å². The fourth-order valence-electron chi connectivity index (χ4n) is 4.45. The third-order valence-corrected chi connectivity index (χ3v) is 8.44. The molecule has 1 aliphatic carbocycles. The van der Waals surface area contributed by atoms with Gasteiger partial charge in [-0.2, -0.15) is 5.26 Å². The lowest BCUT2D eigenvalue weighted by atomic mass is 9.75. The monoisotopic (exact) mass is 523 g/mol. The Hall–Kier alpha value is -3.19. The van der Waals surface area contributed by atoms with Crippen LogP contribution >= 0.6 is 34.7 Å². The molecule has 176 valence electrons. The summed E-state index contributed by atoms with van der Waals surface area (Å²) in [4.78, 5) is 14.8. The van der Waals surface area contributed by atoms with Crippen molar-refractivity contribution in [3.8, 4) is 6.07 Å². The third-order valence-electron chi connectivity index (χ3n) is 5.99. The van der Waals surface area contributed by atoms with E-state index in [0.717, 1.165) is 15.7 Å². The molecule has 1 aromatic heterocycles. The Morgan fingerprint density at radius 2 is 2.00 bits per heavy atom. The summed E-state index contributed by atoms with van der Waals surface area (Å²) in [5, 5.41) is 19.3. The first-order chi connectivity index (χ1) is 17.0. The van der Waals surface area contributed by atoms with E-state index in [1.807, 2.05) is 30.3 Å². The van der Waals surface area contributed by atoms with Gasteiger partial charge in [-0.05, 0) is 30.5 Å². The minimum absolute atomic E-state index is 0.0692. The van der Waals surface area contributed by atoms with Gasteiger partial charge >= 0.3 is 0 Å². The topological polar surface area (TPSA) is 95.9 Å². The van der Waals surface area contributed by atoms with Gasteiger partial charge in [-0.15, -0.1) is 10.2 Å². The number of carbonyl (C=O) groups excluding carboxylic acids is 1. The van der Waals surface area contributed by atoms with Crippen molar-refractivity contribution in [3.05, 3.63) is 93.2 Å². The van der Waals surface area contributed by atoms with Crippen LogP contribution in [-0.4, -0.2) is 16.0 Å². The molecular weight excluding hydrogens is 505 g/mol. The molecule has 1 unspecified atom stereocenters. The predicted molar refractivity (Wildman–Crippen MR) is 135 cm³/mol. The van der Waals surface area contributed by atoms with E-state index in [-0.39, 0.29) is 27.8 Å². The minimum atomic E-state index is -0.965. The van der Waals surface area contributed by atoms with E-state index in [9.17, 15) is 14.4 Å². The molecule has 1 atom stereocenters. The molecule has 0 bridgehead atoms. The molecule has 5 rings (SSSR count). The fraction of sp³-hybridized carbons (Fsp3) is 0.200. The van der Waals surface area contributed by atoms with E-state index in [1.165, 1.54) is 23.5 Å². The minimum Gasteiger partial charge on any atom is -0.384 e. The lowest BCUT2D eigenvalue weighted by Gasteiger charge is -2.38. The highest BCUT2D eigenvalue weighted by Crippen LogP contribution is 2.49. The number of anilines is 1. The maximum absolute atomic E-state index is 15.0. The van der Waals surface area contributed by atoms with Gasteiger partial charge in [0.1, 0.15) is 11.6 Å². The van der Waals surface area contributed by atoms with E-state index in [4.69, 9.17) is 17.3 Å². The molecule has 0 fully saturated rings. The number of carbonyl (C=O) groups is 1. The van der Waals surface area contributed by atoms with Crippen LogP contribution < -0.4 is 10.6 Å². The highest BCUT2D eigenvalue weighted by atomic mass is 35.5. The van der Waals surface area contributed by atoms with Gasteiger partial charge in [-0.1, -0.05) is 71.1 Å². The number of allylic oxidation sites excluding steroid dienone is 3. The van der Waals surface area contributed by atoms with Crippen molar-refractivity contribution in [2.24, 2.45) is 5.73 Å². The maximum Gasteiger partial charge on any atom is 0.219 e. The summed E-state index contributed by atoms with van der Waals surface area (Å²) in [6, 6.07) is 16.4. The molecule has 2 aromatic carbocycles. The average molecular weight is 524 g/mol. The Bertz CT molecular complexity index is 1390. The number of nitriles is 1. The van der Waals surface area contributed by atoms with Crippen molar-refractivity contribution in [1.82, 2.24) is 10.2 Å². The number of aromatic nitrogens is 2. The van der Waals surface area contributed by atoms with Gasteiger partial charge in [0.15, 0.2) is 10.1 Å². The predicted octanol–water partition coefficient (Wildman–Crippen LogP) is 5.93. The van der Waals surface area contributed by atoms with Gasteiger partial charge in [0.25, 0.3) is 0 Å².